The minimum Gasteiger partial charge on any atom is -0.356 e. The summed E-state index contributed by atoms with van der Waals surface area (Å²) in [5.41, 5.74) is 1.12. The molecule has 1 fully saturated rings. The molecule has 134 valence electrons. The van der Waals surface area contributed by atoms with Crippen LogP contribution >= 0.6 is 0 Å². The Bertz CT molecular complexity index is 509. The van der Waals surface area contributed by atoms with Crippen molar-refractivity contribution < 1.29 is 4.39 Å². The van der Waals surface area contributed by atoms with Crippen molar-refractivity contribution in [2.24, 2.45) is 4.99 Å². The Labute approximate surface area is 144 Å². The van der Waals surface area contributed by atoms with E-state index < -0.39 is 0 Å². The fourth-order valence-electron chi connectivity index (χ4n) is 2.83. The van der Waals surface area contributed by atoms with E-state index in [1.807, 2.05) is 12.1 Å². The largest absolute Gasteiger partial charge is 0.356 e. The van der Waals surface area contributed by atoms with Gasteiger partial charge in [0.25, 0.3) is 0 Å². The SMILES string of the molecule is CN=C(NCCc1ccc(F)cc1)NCC(C)N1CCN(C)CC1. The van der Waals surface area contributed by atoms with E-state index in [9.17, 15) is 4.39 Å². The Morgan fingerprint density at radius 3 is 2.46 bits per heavy atom. The van der Waals surface area contributed by atoms with E-state index in [-0.39, 0.29) is 5.82 Å². The lowest BCUT2D eigenvalue weighted by molar-refractivity contribution is 0.120. The molecule has 1 unspecified atom stereocenters. The van der Waals surface area contributed by atoms with Gasteiger partial charge >= 0.3 is 0 Å². The van der Waals surface area contributed by atoms with E-state index in [2.05, 4.69) is 39.4 Å². The quantitative estimate of drug-likeness (QED) is 0.605. The van der Waals surface area contributed by atoms with Crippen LogP contribution in [0.25, 0.3) is 0 Å². The molecule has 0 saturated carbocycles. The highest BCUT2D eigenvalue weighted by Crippen LogP contribution is 2.04. The summed E-state index contributed by atoms with van der Waals surface area (Å²) < 4.78 is 12.9. The molecule has 1 atom stereocenters. The van der Waals surface area contributed by atoms with Gasteiger partial charge in [-0.1, -0.05) is 12.1 Å². The van der Waals surface area contributed by atoms with Crippen LogP contribution in [0.1, 0.15) is 12.5 Å². The number of guanidine groups is 1. The van der Waals surface area contributed by atoms with Gasteiger partial charge in [-0.15, -0.1) is 0 Å². The molecule has 0 aliphatic carbocycles. The monoisotopic (exact) mass is 335 g/mol. The molecule has 1 aromatic carbocycles. The van der Waals surface area contributed by atoms with Gasteiger partial charge in [-0.2, -0.15) is 0 Å². The Balaban J connectivity index is 1.67. The molecule has 0 aromatic heterocycles. The molecule has 1 heterocycles. The lowest BCUT2D eigenvalue weighted by Crippen LogP contribution is -2.52. The fraction of sp³-hybridized carbons (Fsp3) is 0.611. The number of nitrogens with zero attached hydrogens (tertiary/aromatic N) is 3. The van der Waals surface area contributed by atoms with Crippen molar-refractivity contribution in [3.8, 4) is 0 Å². The average Bonchev–Trinajstić information content (AvgIpc) is 2.60. The lowest BCUT2D eigenvalue weighted by atomic mass is 10.1. The molecule has 1 aliphatic heterocycles. The van der Waals surface area contributed by atoms with E-state index >= 15 is 0 Å². The minimum absolute atomic E-state index is 0.193. The third-order valence-electron chi connectivity index (χ3n) is 4.57. The first-order chi connectivity index (χ1) is 11.6. The van der Waals surface area contributed by atoms with Gasteiger partial charge in [-0.3, -0.25) is 9.89 Å². The van der Waals surface area contributed by atoms with E-state index in [0.717, 1.165) is 57.2 Å². The Morgan fingerprint density at radius 1 is 1.17 bits per heavy atom. The molecule has 1 saturated heterocycles. The number of rotatable bonds is 6. The summed E-state index contributed by atoms with van der Waals surface area (Å²) in [6, 6.07) is 7.13. The molecular formula is C18H30FN5. The Kier molecular flexibility index (Phi) is 7.46. The molecule has 5 nitrogen and oxygen atoms in total. The van der Waals surface area contributed by atoms with Gasteiger partial charge in [0.05, 0.1) is 0 Å². The van der Waals surface area contributed by atoms with Crippen molar-refractivity contribution in [3.63, 3.8) is 0 Å². The summed E-state index contributed by atoms with van der Waals surface area (Å²) in [7, 11) is 3.96. The summed E-state index contributed by atoms with van der Waals surface area (Å²) in [5.74, 6) is 0.625. The predicted octanol–water partition coefficient (Wildman–Crippen LogP) is 1.17. The molecule has 0 spiro atoms. The molecule has 0 bridgehead atoms. The van der Waals surface area contributed by atoms with Gasteiger partial charge in [0.2, 0.25) is 0 Å². The molecule has 24 heavy (non-hydrogen) atoms. The van der Waals surface area contributed by atoms with Gasteiger partial charge in [-0.25, -0.2) is 4.39 Å². The zero-order chi connectivity index (χ0) is 17.4. The first kappa shape index (κ1) is 18.7. The van der Waals surface area contributed by atoms with Crippen molar-refractivity contribution in [2.75, 3.05) is 53.4 Å². The zero-order valence-electron chi connectivity index (χ0n) is 15.1. The summed E-state index contributed by atoms with van der Waals surface area (Å²) >= 11 is 0. The van der Waals surface area contributed by atoms with Gasteiger partial charge in [-0.05, 0) is 38.1 Å². The number of nitrogens with one attached hydrogen (secondary N) is 2. The maximum absolute atomic E-state index is 12.9. The first-order valence-electron chi connectivity index (χ1n) is 8.70. The average molecular weight is 335 g/mol. The number of hydrogen-bond donors (Lipinski definition) is 2. The van der Waals surface area contributed by atoms with Crippen LogP contribution in [0.3, 0.4) is 0 Å². The standard InChI is InChI=1S/C18H30FN5/c1-15(24-12-10-23(3)11-13-24)14-22-18(20-2)21-9-8-16-4-6-17(19)7-5-16/h4-7,15H,8-14H2,1-3H3,(H2,20,21,22). The highest BCUT2D eigenvalue weighted by molar-refractivity contribution is 5.79. The normalized spacial score (nSPS) is 18.4. The third-order valence-corrected chi connectivity index (χ3v) is 4.57. The van der Waals surface area contributed by atoms with E-state index in [4.69, 9.17) is 0 Å². The van der Waals surface area contributed by atoms with Crippen LogP contribution in [-0.2, 0) is 6.42 Å². The van der Waals surface area contributed by atoms with Gasteiger partial charge in [0.1, 0.15) is 5.82 Å². The number of aliphatic imine (C=N–C) groups is 1. The summed E-state index contributed by atoms with van der Waals surface area (Å²) in [6.07, 6.45) is 0.842. The molecule has 0 radical (unpaired) electrons. The van der Waals surface area contributed by atoms with Crippen molar-refractivity contribution in [1.82, 2.24) is 20.4 Å². The molecular weight excluding hydrogens is 305 g/mol. The maximum Gasteiger partial charge on any atom is 0.191 e. The van der Waals surface area contributed by atoms with Crippen molar-refractivity contribution in [1.29, 1.82) is 0 Å². The van der Waals surface area contributed by atoms with Crippen molar-refractivity contribution in [3.05, 3.63) is 35.6 Å². The molecule has 1 aliphatic rings. The minimum atomic E-state index is -0.193. The summed E-state index contributed by atoms with van der Waals surface area (Å²) in [6.45, 7) is 8.41. The second-order valence-corrected chi connectivity index (χ2v) is 6.44. The summed E-state index contributed by atoms with van der Waals surface area (Å²) in [5, 5.41) is 6.71. The first-order valence-corrected chi connectivity index (χ1v) is 8.70. The van der Waals surface area contributed by atoms with Gasteiger partial charge in [0, 0.05) is 52.4 Å². The number of halogens is 1. The molecule has 2 rings (SSSR count). The maximum atomic E-state index is 12.9. The van der Waals surface area contributed by atoms with Crippen LogP contribution in [0, 0.1) is 5.82 Å². The second-order valence-electron chi connectivity index (χ2n) is 6.44. The van der Waals surface area contributed by atoms with E-state index in [0.29, 0.717) is 6.04 Å². The van der Waals surface area contributed by atoms with Gasteiger partial charge in [0.15, 0.2) is 5.96 Å². The fourth-order valence-corrected chi connectivity index (χ4v) is 2.83. The third kappa shape index (κ3) is 6.09. The molecule has 2 N–H and O–H groups in total. The number of likely N-dealkylation sites (N-methyl/N-ethyl adjacent to an activating group) is 1. The second kappa shape index (κ2) is 9.59. The smallest absolute Gasteiger partial charge is 0.191 e. The number of benzene rings is 1. The molecule has 1 aromatic rings. The summed E-state index contributed by atoms with van der Waals surface area (Å²) in [4.78, 5) is 9.15. The van der Waals surface area contributed by atoms with Crippen LogP contribution < -0.4 is 10.6 Å². The van der Waals surface area contributed by atoms with Crippen LogP contribution in [0.5, 0.6) is 0 Å². The molecule has 0 amide bonds. The predicted molar refractivity (Wildman–Crippen MR) is 98.0 cm³/mol. The Hall–Kier alpha value is -1.66. The van der Waals surface area contributed by atoms with E-state index in [1.54, 1.807) is 7.05 Å². The van der Waals surface area contributed by atoms with Crippen molar-refractivity contribution >= 4 is 5.96 Å². The van der Waals surface area contributed by atoms with Crippen LogP contribution in [0.2, 0.25) is 0 Å². The van der Waals surface area contributed by atoms with Crippen LogP contribution in [0.4, 0.5) is 4.39 Å². The van der Waals surface area contributed by atoms with Crippen LogP contribution in [-0.4, -0.2) is 75.2 Å². The highest BCUT2D eigenvalue weighted by atomic mass is 19.1. The number of hydrogen-bond acceptors (Lipinski definition) is 3. The van der Waals surface area contributed by atoms with Gasteiger partial charge < -0.3 is 15.5 Å². The lowest BCUT2D eigenvalue weighted by Gasteiger charge is -2.36. The van der Waals surface area contributed by atoms with E-state index in [1.165, 1.54) is 12.1 Å². The van der Waals surface area contributed by atoms with Crippen LogP contribution in [0.15, 0.2) is 29.3 Å². The topological polar surface area (TPSA) is 42.9 Å². The molecule has 6 heteroatoms. The Morgan fingerprint density at radius 2 is 1.83 bits per heavy atom. The highest BCUT2D eigenvalue weighted by Gasteiger charge is 2.18. The number of piperazine rings is 1. The van der Waals surface area contributed by atoms with Crippen molar-refractivity contribution in [2.45, 2.75) is 19.4 Å². The zero-order valence-corrected chi connectivity index (χ0v) is 15.1.